The van der Waals surface area contributed by atoms with Gasteiger partial charge in [-0.3, -0.25) is 4.57 Å². The van der Waals surface area contributed by atoms with E-state index in [1.807, 2.05) is 0 Å². The third-order valence-electron chi connectivity index (χ3n) is 1.47. The molecule has 0 aliphatic carbocycles. The summed E-state index contributed by atoms with van der Waals surface area (Å²) in [7, 11) is -3.13. The predicted molar refractivity (Wildman–Crippen MR) is 51.6 cm³/mol. The fourth-order valence-electron chi connectivity index (χ4n) is 0.859. The number of hydrogen-bond acceptors (Lipinski definition) is 1. The van der Waals surface area contributed by atoms with Gasteiger partial charge in [-0.05, 0) is 0 Å². The van der Waals surface area contributed by atoms with Crippen LogP contribution in [-0.2, 0) is 20.0 Å². The van der Waals surface area contributed by atoms with Crippen LogP contribution in [0.25, 0.3) is 0 Å². The van der Waals surface area contributed by atoms with Crippen molar-refractivity contribution in [2.45, 2.75) is 50.8 Å². The van der Waals surface area contributed by atoms with Crippen molar-refractivity contribution in [2.24, 2.45) is 0 Å². The van der Waals surface area contributed by atoms with E-state index in [4.69, 9.17) is 14.4 Å². The molecule has 0 aliphatic heterocycles. The zero-order chi connectivity index (χ0) is 10.5. The van der Waals surface area contributed by atoms with Crippen LogP contribution in [0.2, 0.25) is 5.39 Å². The summed E-state index contributed by atoms with van der Waals surface area (Å²) in [4.78, 5) is 14.3. The molecule has 85 valence electrons. The Morgan fingerprint density at radius 1 is 1.08 bits per heavy atom. The number of hydrogen-bond donors (Lipinski definition) is 2. The summed E-state index contributed by atoms with van der Waals surface area (Å²) in [5, 5.41) is 0.992. The maximum Gasteiger partial charge on any atom is 0.314 e. The van der Waals surface area contributed by atoms with Crippen molar-refractivity contribution >= 4 is 8.25 Å². The molecule has 0 amide bonds. The molecule has 0 aromatic carbocycles. The van der Waals surface area contributed by atoms with Crippen LogP contribution >= 0.6 is 8.25 Å². The van der Waals surface area contributed by atoms with Crippen LogP contribution in [0.3, 0.4) is 0 Å². The Bertz CT molecular complexity index is 102. The summed E-state index contributed by atoms with van der Waals surface area (Å²) in [6.45, 7) is 2.25. The molecule has 0 bridgehead atoms. The third kappa shape index (κ3) is 32.5. The van der Waals surface area contributed by atoms with Crippen molar-refractivity contribution in [1.82, 2.24) is 0 Å². The molecule has 0 fully saturated rings. The van der Waals surface area contributed by atoms with Crippen LogP contribution in [0.4, 0.5) is 0 Å². The zero-order valence-corrected chi connectivity index (χ0v) is 10.1. The summed E-state index contributed by atoms with van der Waals surface area (Å²) in [6, 6.07) is 0. The van der Waals surface area contributed by atoms with Crippen LogP contribution in [-0.4, -0.2) is 9.79 Å². The molecule has 0 saturated carbocycles. The second kappa shape index (κ2) is 15.1. The van der Waals surface area contributed by atoms with Crippen molar-refractivity contribution in [3.8, 4) is 0 Å². The van der Waals surface area contributed by atoms with Gasteiger partial charge in [0.1, 0.15) is 0 Å². The van der Waals surface area contributed by atoms with Gasteiger partial charge >= 0.3 is 74.6 Å². The van der Waals surface area contributed by atoms with Gasteiger partial charge in [0.05, 0.1) is 0 Å². The van der Waals surface area contributed by atoms with Gasteiger partial charge in [0.15, 0.2) is 0 Å². The molecule has 0 rings (SSSR count). The first-order chi connectivity index (χ1) is 6.15. The second-order valence-electron chi connectivity index (χ2n) is 2.71. The average Bonchev–Trinajstić information content (AvgIpc) is 2.03. The maximum atomic E-state index is 8.74. The predicted octanol–water partition coefficient (Wildman–Crippen LogP) is 2.67. The van der Waals surface area contributed by atoms with E-state index in [1.165, 1.54) is 38.5 Å². The Hall–Kier alpha value is 0.644. The Labute approximate surface area is 89.3 Å². The third-order valence-corrected chi connectivity index (χ3v) is 1.81. The largest absolute Gasteiger partial charge is 0.326 e. The van der Waals surface area contributed by atoms with Gasteiger partial charge in [0.2, 0.25) is 0 Å². The summed E-state index contributed by atoms with van der Waals surface area (Å²) < 4.78 is 8.74. The van der Waals surface area contributed by atoms with Gasteiger partial charge in [-0.2, -0.15) is 0 Å². The molecule has 0 aromatic rings. The minimum atomic E-state index is -3.13. The van der Waals surface area contributed by atoms with Crippen molar-refractivity contribution < 1.29 is 29.8 Å². The number of rotatable bonds is 6. The molecule has 0 heterocycles. The van der Waals surface area contributed by atoms with Crippen LogP contribution in [0.5, 0.6) is 0 Å². The molecule has 0 saturated heterocycles. The smallest absolute Gasteiger partial charge is 0.314 e. The minimum Gasteiger partial charge on any atom is -0.326 e. The van der Waals surface area contributed by atoms with E-state index < -0.39 is 8.25 Å². The van der Waals surface area contributed by atoms with Crippen LogP contribution < -0.4 is 0 Å². The van der Waals surface area contributed by atoms with Gasteiger partial charge in [-0.15, -0.1) is 0 Å². The average molecular weight is 254 g/mol. The first kappa shape index (κ1) is 16.1. The van der Waals surface area contributed by atoms with E-state index in [2.05, 4.69) is 22.4 Å². The minimum absolute atomic E-state index is 0.992. The van der Waals surface area contributed by atoms with Crippen LogP contribution in [0, 0.1) is 0 Å². The molecule has 13 heavy (non-hydrogen) atoms. The monoisotopic (exact) mass is 253 g/mol. The quantitative estimate of drug-likeness (QED) is 0.435. The Morgan fingerprint density at radius 2 is 1.46 bits per heavy atom. The molecule has 3 nitrogen and oxygen atoms in total. The van der Waals surface area contributed by atoms with E-state index in [1.54, 1.807) is 0 Å². The Kier molecular flexibility index (Phi) is 18.7. The molecule has 0 atom stereocenters. The number of unbranched alkanes of at least 4 members (excludes halogenated alkanes) is 5. The van der Waals surface area contributed by atoms with Gasteiger partial charge in [0.25, 0.3) is 0 Å². The van der Waals surface area contributed by atoms with Crippen LogP contribution in [0.1, 0.15) is 45.4 Å². The van der Waals surface area contributed by atoms with Gasteiger partial charge < -0.3 is 9.79 Å². The van der Waals surface area contributed by atoms with Crippen molar-refractivity contribution in [2.75, 3.05) is 0 Å². The summed E-state index contributed by atoms with van der Waals surface area (Å²) in [6.07, 6.45) is 8.19. The standard InChI is InChI=1S/C8H17.Ni.H3O3P/c1-3-5-7-8-6-4-2;;1-4(2)3/h1,3-8H2,2H3;;4H,(H2,1,2,3). The van der Waals surface area contributed by atoms with Crippen molar-refractivity contribution in [3.63, 3.8) is 0 Å². The first-order valence-corrected chi connectivity index (χ1v) is 6.58. The topological polar surface area (TPSA) is 57.5 Å². The van der Waals surface area contributed by atoms with E-state index in [0.29, 0.717) is 0 Å². The second-order valence-corrected chi connectivity index (χ2v) is 3.77. The summed E-state index contributed by atoms with van der Waals surface area (Å²) in [5.74, 6) is 0. The molecule has 0 aliphatic rings. The summed E-state index contributed by atoms with van der Waals surface area (Å²) >= 11 is 4.57. The zero-order valence-electron chi connectivity index (χ0n) is 8.07. The first-order valence-electron chi connectivity index (χ1n) is 4.58. The maximum absolute atomic E-state index is 8.74. The van der Waals surface area contributed by atoms with E-state index >= 15 is 0 Å². The molecule has 0 radical (unpaired) electrons. The van der Waals surface area contributed by atoms with Crippen molar-refractivity contribution in [3.05, 3.63) is 0 Å². The van der Waals surface area contributed by atoms with Gasteiger partial charge in [-0.25, -0.2) is 0 Å². The van der Waals surface area contributed by atoms with E-state index in [9.17, 15) is 0 Å². The van der Waals surface area contributed by atoms with Crippen LogP contribution in [0.15, 0.2) is 0 Å². The van der Waals surface area contributed by atoms with E-state index in [-0.39, 0.29) is 0 Å². The molecule has 2 N–H and O–H groups in total. The molecular formula is C8H20NiO3P. The molecule has 0 aromatic heterocycles. The van der Waals surface area contributed by atoms with Gasteiger partial charge in [-0.1, -0.05) is 0 Å². The Morgan fingerprint density at radius 3 is 1.85 bits per heavy atom. The fourth-order valence-corrected chi connectivity index (χ4v) is 1.11. The molecule has 0 spiro atoms. The molecule has 5 heteroatoms. The molecule has 0 unspecified atom stereocenters. The SMILES string of the molecule is CCCCCCC[CH2][Ni].O=[PH](O)O. The normalized spacial score (nSPS) is 9.69. The Balaban J connectivity index is 0. The molecular weight excluding hydrogens is 234 g/mol. The van der Waals surface area contributed by atoms with E-state index in [0.717, 1.165) is 5.39 Å². The summed E-state index contributed by atoms with van der Waals surface area (Å²) in [5.41, 5.74) is 0. The fraction of sp³-hybridized carbons (Fsp3) is 1.00. The van der Waals surface area contributed by atoms with Gasteiger partial charge in [0, 0.05) is 0 Å². The van der Waals surface area contributed by atoms with Crippen molar-refractivity contribution in [1.29, 1.82) is 0 Å².